The number of nitrogens with zero attached hydrogens (tertiary/aromatic N) is 1. The van der Waals surface area contributed by atoms with Gasteiger partial charge in [0, 0.05) is 37.5 Å². The lowest BCUT2D eigenvalue weighted by atomic mass is 10.1. The van der Waals surface area contributed by atoms with E-state index in [-0.39, 0.29) is 0 Å². The molecule has 0 radical (unpaired) electrons. The summed E-state index contributed by atoms with van der Waals surface area (Å²) in [4.78, 5) is 2.45. The quantitative estimate of drug-likeness (QED) is 0.751. The van der Waals surface area contributed by atoms with E-state index in [0.717, 1.165) is 36.7 Å². The molecule has 0 unspecified atom stereocenters. The van der Waals surface area contributed by atoms with E-state index in [4.69, 9.17) is 15.2 Å². The Morgan fingerprint density at radius 2 is 2.11 bits per heavy atom. The van der Waals surface area contributed by atoms with Crippen LogP contribution < -0.4 is 10.5 Å². The van der Waals surface area contributed by atoms with E-state index in [1.807, 2.05) is 18.2 Å². The molecule has 100 valence electrons. The van der Waals surface area contributed by atoms with Crippen LogP contribution in [0.5, 0.6) is 5.75 Å². The molecule has 4 nitrogen and oxygen atoms in total. The molecule has 1 fully saturated rings. The third-order valence-electron chi connectivity index (χ3n) is 3.32. The number of hydrogen-bond donors (Lipinski definition) is 1. The Balaban J connectivity index is 2.07. The summed E-state index contributed by atoms with van der Waals surface area (Å²) >= 11 is 0. The molecule has 0 aliphatic heterocycles. The van der Waals surface area contributed by atoms with Gasteiger partial charge in [0.25, 0.3) is 0 Å². The van der Waals surface area contributed by atoms with E-state index < -0.39 is 0 Å². The highest BCUT2D eigenvalue weighted by atomic mass is 16.5. The molecule has 0 heterocycles. The molecule has 18 heavy (non-hydrogen) atoms. The summed E-state index contributed by atoms with van der Waals surface area (Å²) in [5.41, 5.74) is 7.79. The van der Waals surface area contributed by atoms with Crippen molar-refractivity contribution in [3.05, 3.63) is 23.8 Å². The topological polar surface area (TPSA) is 47.7 Å². The monoisotopic (exact) mass is 250 g/mol. The second-order valence-electron chi connectivity index (χ2n) is 4.77. The fourth-order valence-corrected chi connectivity index (χ4v) is 2.18. The highest BCUT2D eigenvalue weighted by Crippen LogP contribution is 2.30. The fraction of sp³-hybridized carbons (Fsp3) is 0.571. The van der Waals surface area contributed by atoms with Gasteiger partial charge in [-0.2, -0.15) is 0 Å². The molecule has 1 aliphatic rings. The lowest BCUT2D eigenvalue weighted by molar-refractivity contribution is 0.139. The minimum absolute atomic E-state index is 0.700. The molecule has 1 aromatic rings. The molecule has 0 spiro atoms. The second kappa shape index (κ2) is 6.07. The van der Waals surface area contributed by atoms with Crippen molar-refractivity contribution in [1.82, 2.24) is 4.90 Å². The third-order valence-corrected chi connectivity index (χ3v) is 3.32. The second-order valence-corrected chi connectivity index (χ2v) is 4.77. The van der Waals surface area contributed by atoms with Crippen molar-refractivity contribution < 1.29 is 9.47 Å². The maximum absolute atomic E-state index is 5.85. The van der Waals surface area contributed by atoms with Crippen molar-refractivity contribution in [1.29, 1.82) is 0 Å². The number of nitrogen functional groups attached to an aromatic ring is 1. The SMILES string of the molecule is COCCN(Cc1cc(N)ccc1OC)C1CC1. The first-order valence-corrected chi connectivity index (χ1v) is 6.40. The maximum atomic E-state index is 5.85. The van der Waals surface area contributed by atoms with Gasteiger partial charge in [-0.3, -0.25) is 4.90 Å². The normalized spacial score (nSPS) is 15.1. The Morgan fingerprint density at radius 1 is 1.33 bits per heavy atom. The molecule has 0 aromatic heterocycles. The van der Waals surface area contributed by atoms with Gasteiger partial charge in [0.2, 0.25) is 0 Å². The smallest absolute Gasteiger partial charge is 0.123 e. The summed E-state index contributed by atoms with van der Waals surface area (Å²) in [5.74, 6) is 0.910. The molecular weight excluding hydrogens is 228 g/mol. The van der Waals surface area contributed by atoms with Crippen LogP contribution in [-0.4, -0.2) is 38.3 Å². The van der Waals surface area contributed by atoms with Crippen LogP contribution in [0.2, 0.25) is 0 Å². The third kappa shape index (κ3) is 3.37. The predicted octanol–water partition coefficient (Wildman–Crippen LogP) is 1.89. The number of rotatable bonds is 7. The van der Waals surface area contributed by atoms with Gasteiger partial charge in [0.1, 0.15) is 5.75 Å². The van der Waals surface area contributed by atoms with Crippen LogP contribution in [0.15, 0.2) is 18.2 Å². The Bertz CT molecular complexity index is 391. The van der Waals surface area contributed by atoms with Crippen LogP contribution in [-0.2, 0) is 11.3 Å². The summed E-state index contributed by atoms with van der Waals surface area (Å²) in [6.45, 7) is 2.60. The standard InChI is InChI=1S/C14H22N2O2/c1-17-8-7-16(13-4-5-13)10-11-9-12(15)3-6-14(11)18-2/h3,6,9,13H,4-5,7-8,10,15H2,1-2H3. The molecular formula is C14H22N2O2. The van der Waals surface area contributed by atoms with Crippen molar-refractivity contribution in [2.45, 2.75) is 25.4 Å². The van der Waals surface area contributed by atoms with Gasteiger partial charge in [-0.15, -0.1) is 0 Å². The Labute approximate surface area is 109 Å². The van der Waals surface area contributed by atoms with Gasteiger partial charge in [-0.25, -0.2) is 0 Å². The molecule has 0 atom stereocenters. The van der Waals surface area contributed by atoms with Gasteiger partial charge in [-0.05, 0) is 31.0 Å². The summed E-state index contributed by atoms with van der Waals surface area (Å²) in [6.07, 6.45) is 2.57. The van der Waals surface area contributed by atoms with Crippen molar-refractivity contribution in [3.8, 4) is 5.75 Å². The largest absolute Gasteiger partial charge is 0.496 e. The van der Waals surface area contributed by atoms with Crippen molar-refractivity contribution in [2.75, 3.05) is 33.1 Å². The van der Waals surface area contributed by atoms with E-state index in [9.17, 15) is 0 Å². The van der Waals surface area contributed by atoms with Crippen molar-refractivity contribution >= 4 is 5.69 Å². The molecule has 1 aromatic carbocycles. The van der Waals surface area contributed by atoms with Gasteiger partial charge in [0.05, 0.1) is 13.7 Å². The molecule has 0 bridgehead atoms. The molecule has 0 amide bonds. The van der Waals surface area contributed by atoms with Gasteiger partial charge < -0.3 is 15.2 Å². The lowest BCUT2D eigenvalue weighted by Crippen LogP contribution is -2.29. The predicted molar refractivity (Wildman–Crippen MR) is 72.7 cm³/mol. The van der Waals surface area contributed by atoms with E-state index in [1.54, 1.807) is 14.2 Å². The van der Waals surface area contributed by atoms with E-state index in [1.165, 1.54) is 12.8 Å². The number of methoxy groups -OCH3 is 2. The van der Waals surface area contributed by atoms with Crippen LogP contribution >= 0.6 is 0 Å². The number of hydrogen-bond acceptors (Lipinski definition) is 4. The highest BCUT2D eigenvalue weighted by molar-refractivity contribution is 5.47. The first kappa shape index (κ1) is 13.2. The average Bonchev–Trinajstić information content (AvgIpc) is 3.19. The van der Waals surface area contributed by atoms with E-state index in [2.05, 4.69) is 4.90 Å². The number of benzene rings is 1. The minimum atomic E-state index is 0.700. The highest BCUT2D eigenvalue weighted by Gasteiger charge is 2.29. The molecule has 4 heteroatoms. The van der Waals surface area contributed by atoms with Crippen LogP contribution in [0.1, 0.15) is 18.4 Å². The molecule has 2 rings (SSSR count). The Hall–Kier alpha value is -1.26. The molecule has 1 aliphatic carbocycles. The van der Waals surface area contributed by atoms with Crippen molar-refractivity contribution in [3.63, 3.8) is 0 Å². The number of nitrogens with two attached hydrogens (primary N) is 1. The van der Waals surface area contributed by atoms with Crippen LogP contribution in [0.4, 0.5) is 5.69 Å². The Kier molecular flexibility index (Phi) is 4.44. The summed E-state index contributed by atoms with van der Waals surface area (Å²) in [6, 6.07) is 6.51. The average molecular weight is 250 g/mol. The summed E-state index contributed by atoms with van der Waals surface area (Å²) < 4.78 is 10.6. The van der Waals surface area contributed by atoms with Gasteiger partial charge in [-0.1, -0.05) is 0 Å². The fourth-order valence-electron chi connectivity index (χ4n) is 2.18. The first-order chi connectivity index (χ1) is 8.74. The summed E-state index contributed by atoms with van der Waals surface area (Å²) in [7, 11) is 3.44. The minimum Gasteiger partial charge on any atom is -0.496 e. The summed E-state index contributed by atoms with van der Waals surface area (Å²) in [5, 5.41) is 0. The zero-order valence-electron chi connectivity index (χ0n) is 11.2. The molecule has 0 saturated heterocycles. The van der Waals surface area contributed by atoms with E-state index in [0.29, 0.717) is 6.04 Å². The first-order valence-electron chi connectivity index (χ1n) is 6.40. The maximum Gasteiger partial charge on any atom is 0.123 e. The zero-order valence-corrected chi connectivity index (χ0v) is 11.2. The zero-order chi connectivity index (χ0) is 13.0. The van der Waals surface area contributed by atoms with Crippen LogP contribution in [0.25, 0.3) is 0 Å². The van der Waals surface area contributed by atoms with Crippen LogP contribution in [0.3, 0.4) is 0 Å². The number of anilines is 1. The van der Waals surface area contributed by atoms with Gasteiger partial charge >= 0.3 is 0 Å². The Morgan fingerprint density at radius 3 is 2.72 bits per heavy atom. The van der Waals surface area contributed by atoms with Crippen LogP contribution in [0, 0.1) is 0 Å². The number of ether oxygens (including phenoxy) is 2. The molecule has 1 saturated carbocycles. The lowest BCUT2D eigenvalue weighted by Gasteiger charge is -2.22. The molecule has 2 N–H and O–H groups in total. The van der Waals surface area contributed by atoms with Gasteiger partial charge in [0.15, 0.2) is 0 Å². The van der Waals surface area contributed by atoms with E-state index >= 15 is 0 Å². The van der Waals surface area contributed by atoms with Crippen molar-refractivity contribution in [2.24, 2.45) is 0 Å².